The van der Waals surface area contributed by atoms with Crippen molar-refractivity contribution in [3.63, 3.8) is 0 Å². The Kier molecular flexibility index (Phi) is 6.33. The number of hydrogen-bond donors (Lipinski definition) is 2. The molecule has 9 heteroatoms. The van der Waals surface area contributed by atoms with E-state index in [4.69, 9.17) is 33.3 Å². The first-order valence-corrected chi connectivity index (χ1v) is 9.99. The maximum Gasteiger partial charge on any atom is 0.257 e. The minimum atomic E-state index is -0.320. The van der Waals surface area contributed by atoms with E-state index in [1.165, 1.54) is 11.3 Å². The lowest BCUT2D eigenvalue weighted by atomic mass is 10.2. The molecule has 0 aliphatic carbocycles. The lowest BCUT2D eigenvalue weighted by molar-refractivity contribution is 0.0977. The number of nitrogens with one attached hydrogen (secondary N) is 2. The minimum absolute atomic E-state index is 0.0695. The molecular weight excluding hydrogens is 418 g/mol. The summed E-state index contributed by atoms with van der Waals surface area (Å²) in [5.41, 5.74) is 1.19. The number of fused-ring (bicyclic) bond motifs is 1. The smallest absolute Gasteiger partial charge is 0.257 e. The quantitative estimate of drug-likeness (QED) is 0.557. The number of carbonyl (C=O) groups excluding carboxylic acids is 1. The maximum atomic E-state index is 12.3. The molecule has 0 aliphatic rings. The number of thiazole rings is 1. The van der Waals surface area contributed by atoms with Gasteiger partial charge in [0.25, 0.3) is 5.91 Å². The Morgan fingerprint density at radius 1 is 1.25 bits per heavy atom. The van der Waals surface area contributed by atoms with E-state index < -0.39 is 0 Å². The van der Waals surface area contributed by atoms with Crippen LogP contribution in [-0.4, -0.2) is 29.2 Å². The molecule has 0 aliphatic heterocycles. The summed E-state index contributed by atoms with van der Waals surface area (Å²) in [7, 11) is 1.55. The summed E-state index contributed by atoms with van der Waals surface area (Å²) in [6, 6.07) is 10.4. The molecule has 1 amide bonds. The maximum absolute atomic E-state index is 12.3. The van der Waals surface area contributed by atoms with Crippen molar-refractivity contribution in [3.8, 4) is 11.5 Å². The van der Waals surface area contributed by atoms with Crippen LogP contribution < -0.4 is 20.1 Å². The molecule has 0 unspecified atom stereocenters. The van der Waals surface area contributed by atoms with Crippen LogP contribution in [0.3, 0.4) is 0 Å². The highest BCUT2D eigenvalue weighted by atomic mass is 35.5. The van der Waals surface area contributed by atoms with Crippen LogP contribution in [0.5, 0.6) is 11.5 Å². The number of thiocarbonyl (C=S) groups is 1. The molecule has 0 saturated heterocycles. The van der Waals surface area contributed by atoms with Gasteiger partial charge in [0.05, 0.1) is 28.5 Å². The Labute approximate surface area is 176 Å². The number of benzene rings is 2. The molecule has 0 fully saturated rings. The van der Waals surface area contributed by atoms with Gasteiger partial charge in [-0.3, -0.25) is 10.1 Å². The van der Waals surface area contributed by atoms with Crippen molar-refractivity contribution in [2.45, 2.75) is 20.0 Å². The molecule has 2 N–H and O–H groups in total. The summed E-state index contributed by atoms with van der Waals surface area (Å²) in [5, 5.41) is 6.75. The van der Waals surface area contributed by atoms with Gasteiger partial charge in [-0.1, -0.05) is 22.9 Å². The van der Waals surface area contributed by atoms with Crippen LogP contribution in [0, 0.1) is 0 Å². The van der Waals surface area contributed by atoms with Crippen molar-refractivity contribution in [2.24, 2.45) is 0 Å². The van der Waals surface area contributed by atoms with Crippen LogP contribution in [-0.2, 0) is 0 Å². The van der Waals surface area contributed by atoms with Crippen LogP contribution >= 0.6 is 35.2 Å². The van der Waals surface area contributed by atoms with Crippen molar-refractivity contribution < 1.29 is 14.3 Å². The summed E-state index contributed by atoms with van der Waals surface area (Å²) >= 11 is 12.7. The molecule has 0 bridgehead atoms. The van der Waals surface area contributed by atoms with Gasteiger partial charge in [0.1, 0.15) is 11.5 Å². The van der Waals surface area contributed by atoms with Gasteiger partial charge >= 0.3 is 0 Å². The first-order chi connectivity index (χ1) is 13.4. The number of amides is 1. The van der Waals surface area contributed by atoms with Crippen molar-refractivity contribution in [3.05, 3.63) is 47.0 Å². The van der Waals surface area contributed by atoms with E-state index in [0.29, 0.717) is 32.7 Å². The van der Waals surface area contributed by atoms with E-state index in [-0.39, 0.29) is 17.1 Å². The Morgan fingerprint density at radius 2 is 1.96 bits per heavy atom. The molecule has 0 atom stereocenters. The minimum Gasteiger partial charge on any atom is -0.495 e. The lowest BCUT2D eigenvalue weighted by Gasteiger charge is -2.10. The van der Waals surface area contributed by atoms with Gasteiger partial charge in [0.15, 0.2) is 10.2 Å². The second kappa shape index (κ2) is 8.72. The van der Waals surface area contributed by atoms with E-state index in [0.717, 1.165) is 4.70 Å². The zero-order valence-electron chi connectivity index (χ0n) is 15.4. The van der Waals surface area contributed by atoms with Crippen molar-refractivity contribution in [2.75, 3.05) is 12.4 Å². The number of methoxy groups -OCH3 is 1. The van der Waals surface area contributed by atoms with Crippen LogP contribution in [0.2, 0.25) is 5.02 Å². The van der Waals surface area contributed by atoms with Gasteiger partial charge in [-0.25, -0.2) is 4.98 Å². The fourth-order valence-electron chi connectivity index (χ4n) is 2.40. The summed E-state index contributed by atoms with van der Waals surface area (Å²) in [4.78, 5) is 16.8. The van der Waals surface area contributed by atoms with E-state index in [2.05, 4.69) is 15.6 Å². The highest BCUT2D eigenvalue weighted by Crippen LogP contribution is 2.34. The first-order valence-electron chi connectivity index (χ1n) is 8.39. The van der Waals surface area contributed by atoms with E-state index in [1.807, 2.05) is 19.9 Å². The molecule has 6 nitrogen and oxygen atoms in total. The molecule has 146 valence electrons. The molecule has 1 heterocycles. The SMILES string of the molecule is COc1cc2sc(NC(=S)NC(=O)c3ccc(OC(C)C)cc3)nc2cc1Cl. The van der Waals surface area contributed by atoms with Gasteiger partial charge < -0.3 is 14.8 Å². The normalized spacial score (nSPS) is 10.8. The third-order valence-corrected chi connectivity index (χ3v) is 5.03. The van der Waals surface area contributed by atoms with E-state index in [1.54, 1.807) is 37.4 Å². The summed E-state index contributed by atoms with van der Waals surface area (Å²) in [6.45, 7) is 3.88. The van der Waals surface area contributed by atoms with Gasteiger partial charge in [-0.05, 0) is 56.4 Å². The molecule has 0 radical (unpaired) electrons. The number of hydrogen-bond acceptors (Lipinski definition) is 6. The second-order valence-corrected chi connectivity index (χ2v) is 7.92. The zero-order chi connectivity index (χ0) is 20.3. The van der Waals surface area contributed by atoms with Crippen LogP contribution in [0.15, 0.2) is 36.4 Å². The van der Waals surface area contributed by atoms with Gasteiger partial charge in [0, 0.05) is 11.6 Å². The highest BCUT2D eigenvalue weighted by molar-refractivity contribution is 7.80. The molecule has 3 rings (SSSR count). The number of carbonyl (C=O) groups is 1. The topological polar surface area (TPSA) is 72.5 Å². The van der Waals surface area contributed by atoms with E-state index in [9.17, 15) is 4.79 Å². The lowest BCUT2D eigenvalue weighted by Crippen LogP contribution is -2.34. The third kappa shape index (κ3) is 4.89. The third-order valence-electron chi connectivity index (χ3n) is 3.60. The molecule has 3 aromatic rings. The standard InChI is InChI=1S/C19H18ClN3O3S2/c1-10(2)26-12-6-4-11(5-7-12)17(24)22-18(27)23-19-21-14-8-13(20)15(25-3)9-16(14)28-19/h4-10H,1-3H3,(H2,21,22,23,24,27). The van der Waals surface area contributed by atoms with Gasteiger partial charge in [-0.15, -0.1) is 0 Å². The summed E-state index contributed by atoms with van der Waals surface area (Å²) < 4.78 is 11.7. The number of aromatic nitrogens is 1. The molecular formula is C19H18ClN3O3S2. The zero-order valence-corrected chi connectivity index (χ0v) is 17.8. The van der Waals surface area contributed by atoms with Gasteiger partial charge in [-0.2, -0.15) is 0 Å². The largest absolute Gasteiger partial charge is 0.495 e. The molecule has 2 aromatic carbocycles. The predicted octanol–water partition coefficient (Wildman–Crippen LogP) is 4.87. The number of nitrogens with zero attached hydrogens (tertiary/aromatic N) is 1. The fourth-order valence-corrected chi connectivity index (χ4v) is 3.77. The predicted molar refractivity (Wildman–Crippen MR) is 117 cm³/mol. The Balaban J connectivity index is 1.65. The second-order valence-electron chi connectivity index (χ2n) is 6.07. The fraction of sp³-hybridized carbons (Fsp3) is 0.211. The van der Waals surface area contributed by atoms with Crippen LogP contribution in [0.1, 0.15) is 24.2 Å². The Bertz CT molecular complexity index is 1020. The number of ether oxygens (including phenoxy) is 2. The Hall–Kier alpha value is -2.42. The van der Waals surface area contributed by atoms with Crippen LogP contribution in [0.4, 0.5) is 5.13 Å². The number of rotatable bonds is 5. The highest BCUT2D eigenvalue weighted by Gasteiger charge is 2.12. The summed E-state index contributed by atoms with van der Waals surface area (Å²) in [6.07, 6.45) is 0.0695. The first kappa shape index (κ1) is 20.3. The van der Waals surface area contributed by atoms with Crippen molar-refractivity contribution in [1.29, 1.82) is 0 Å². The van der Waals surface area contributed by atoms with Crippen LogP contribution in [0.25, 0.3) is 10.2 Å². The number of anilines is 1. The number of halogens is 1. The van der Waals surface area contributed by atoms with E-state index >= 15 is 0 Å². The molecule has 28 heavy (non-hydrogen) atoms. The molecule has 0 saturated carbocycles. The van der Waals surface area contributed by atoms with Crippen molar-refractivity contribution >= 4 is 61.5 Å². The molecule has 0 spiro atoms. The summed E-state index contributed by atoms with van der Waals surface area (Å²) in [5.74, 6) is 0.959. The Morgan fingerprint density at radius 3 is 2.61 bits per heavy atom. The molecule has 1 aromatic heterocycles. The van der Waals surface area contributed by atoms with Gasteiger partial charge in [0.2, 0.25) is 0 Å². The average Bonchev–Trinajstić information content (AvgIpc) is 3.01. The monoisotopic (exact) mass is 435 g/mol. The van der Waals surface area contributed by atoms with Crippen molar-refractivity contribution in [1.82, 2.24) is 10.3 Å². The average molecular weight is 436 g/mol.